The number of amides is 1. The van der Waals surface area contributed by atoms with Crippen molar-refractivity contribution in [3.63, 3.8) is 0 Å². The van der Waals surface area contributed by atoms with Crippen molar-refractivity contribution >= 4 is 46.3 Å². The van der Waals surface area contributed by atoms with Crippen molar-refractivity contribution in [2.45, 2.75) is 42.2 Å². The maximum atomic E-state index is 12.5. The Labute approximate surface area is 193 Å². The first-order valence-corrected chi connectivity index (χ1v) is 12.8. The standard InChI is InChI=1S/C20H24N8O2S2/c1-31-19-24-17(26-7-2-3-8-26)14-11-23-27(18(14)25-19)9-6-21-15(29)10-13-12-32-20-22-5-4-16(30)28(13)20/h4-5,11,13H,2-3,6-10,12H2,1H3,(H,21,29). The predicted octanol–water partition coefficient (Wildman–Crippen LogP) is 1.56. The first kappa shape index (κ1) is 21.3. The topological polar surface area (TPSA) is 111 Å². The quantitative estimate of drug-likeness (QED) is 0.404. The molecule has 1 N–H and O–H groups in total. The Balaban J connectivity index is 1.25. The lowest BCUT2D eigenvalue weighted by atomic mass is 10.2. The highest BCUT2D eigenvalue weighted by Gasteiger charge is 2.26. The fourth-order valence-corrected chi connectivity index (χ4v) is 5.65. The molecule has 1 amide bonds. The lowest BCUT2D eigenvalue weighted by Gasteiger charge is -2.17. The van der Waals surface area contributed by atoms with E-state index >= 15 is 0 Å². The van der Waals surface area contributed by atoms with E-state index in [0.29, 0.717) is 24.0 Å². The molecule has 0 radical (unpaired) electrons. The smallest absolute Gasteiger partial charge is 0.254 e. The van der Waals surface area contributed by atoms with E-state index in [4.69, 9.17) is 4.98 Å². The zero-order chi connectivity index (χ0) is 22.1. The van der Waals surface area contributed by atoms with Crippen LogP contribution in [0.1, 0.15) is 25.3 Å². The van der Waals surface area contributed by atoms with Crippen molar-refractivity contribution in [1.82, 2.24) is 34.6 Å². The summed E-state index contributed by atoms with van der Waals surface area (Å²) in [4.78, 5) is 40.5. The first-order valence-electron chi connectivity index (χ1n) is 10.6. The molecular weight excluding hydrogens is 448 g/mol. The zero-order valence-electron chi connectivity index (χ0n) is 17.7. The van der Waals surface area contributed by atoms with Crippen molar-refractivity contribution in [3.05, 3.63) is 28.8 Å². The zero-order valence-corrected chi connectivity index (χ0v) is 19.4. The van der Waals surface area contributed by atoms with Gasteiger partial charge in [0, 0.05) is 44.1 Å². The number of nitrogens with one attached hydrogen (secondary N) is 1. The molecule has 32 heavy (non-hydrogen) atoms. The van der Waals surface area contributed by atoms with Crippen LogP contribution in [0.5, 0.6) is 0 Å². The van der Waals surface area contributed by atoms with Gasteiger partial charge in [-0.3, -0.25) is 14.2 Å². The van der Waals surface area contributed by atoms with Crippen molar-refractivity contribution < 1.29 is 4.79 Å². The third-order valence-corrected chi connectivity index (χ3v) is 7.39. The van der Waals surface area contributed by atoms with Crippen molar-refractivity contribution in [1.29, 1.82) is 0 Å². The molecule has 2 aliphatic rings. The van der Waals surface area contributed by atoms with E-state index in [9.17, 15) is 9.59 Å². The van der Waals surface area contributed by atoms with E-state index in [0.717, 1.165) is 35.1 Å². The summed E-state index contributed by atoms with van der Waals surface area (Å²) in [5.74, 6) is 1.54. The summed E-state index contributed by atoms with van der Waals surface area (Å²) in [7, 11) is 0. The molecule has 2 aliphatic heterocycles. The van der Waals surface area contributed by atoms with Crippen LogP contribution in [0, 0.1) is 0 Å². The van der Waals surface area contributed by atoms with Crippen LogP contribution in [0.3, 0.4) is 0 Å². The van der Waals surface area contributed by atoms with Gasteiger partial charge in [-0.05, 0) is 19.1 Å². The fraction of sp³-hybridized carbons (Fsp3) is 0.500. The maximum Gasteiger partial charge on any atom is 0.254 e. The Morgan fingerprint density at radius 3 is 2.97 bits per heavy atom. The van der Waals surface area contributed by atoms with E-state index in [-0.39, 0.29) is 23.9 Å². The molecule has 1 atom stereocenters. The van der Waals surface area contributed by atoms with E-state index in [1.165, 1.54) is 48.6 Å². The van der Waals surface area contributed by atoms with E-state index < -0.39 is 0 Å². The number of carbonyl (C=O) groups is 1. The summed E-state index contributed by atoms with van der Waals surface area (Å²) in [6, 6.07) is 1.27. The highest BCUT2D eigenvalue weighted by Crippen LogP contribution is 2.31. The Bertz CT molecular complexity index is 1200. The number of fused-ring (bicyclic) bond motifs is 2. The summed E-state index contributed by atoms with van der Waals surface area (Å²) in [6.07, 6.45) is 7.90. The molecule has 1 unspecified atom stereocenters. The summed E-state index contributed by atoms with van der Waals surface area (Å²) in [5, 5.41) is 9.82. The van der Waals surface area contributed by atoms with Crippen molar-refractivity contribution in [3.8, 4) is 0 Å². The van der Waals surface area contributed by atoms with Crippen LogP contribution in [0.15, 0.2) is 33.6 Å². The maximum absolute atomic E-state index is 12.5. The average molecular weight is 473 g/mol. The summed E-state index contributed by atoms with van der Waals surface area (Å²) in [5.41, 5.74) is 0.679. The van der Waals surface area contributed by atoms with Crippen LogP contribution in [0.25, 0.3) is 11.0 Å². The third-order valence-electron chi connectivity index (χ3n) is 5.73. The Morgan fingerprint density at radius 2 is 2.16 bits per heavy atom. The molecule has 0 aliphatic carbocycles. The fourth-order valence-electron chi connectivity index (χ4n) is 4.17. The van der Waals surface area contributed by atoms with Gasteiger partial charge < -0.3 is 10.2 Å². The van der Waals surface area contributed by atoms with Crippen LogP contribution in [0.4, 0.5) is 5.82 Å². The molecule has 10 nitrogen and oxygen atoms in total. The van der Waals surface area contributed by atoms with Gasteiger partial charge in [-0.15, -0.1) is 0 Å². The Morgan fingerprint density at radius 1 is 1.31 bits per heavy atom. The molecule has 12 heteroatoms. The minimum absolute atomic E-state index is 0.0900. The molecule has 168 valence electrons. The largest absolute Gasteiger partial charge is 0.356 e. The van der Waals surface area contributed by atoms with Gasteiger partial charge in [0.05, 0.1) is 24.2 Å². The molecule has 3 aromatic heterocycles. The van der Waals surface area contributed by atoms with Crippen LogP contribution >= 0.6 is 23.5 Å². The Kier molecular flexibility index (Phi) is 6.05. The minimum atomic E-state index is -0.165. The number of rotatable bonds is 7. The van der Waals surface area contributed by atoms with E-state index in [2.05, 4.69) is 25.3 Å². The molecule has 1 saturated heterocycles. The highest BCUT2D eigenvalue weighted by atomic mass is 32.2. The van der Waals surface area contributed by atoms with Crippen LogP contribution in [0.2, 0.25) is 0 Å². The van der Waals surface area contributed by atoms with Crippen molar-refractivity contribution in [2.24, 2.45) is 0 Å². The molecule has 0 aromatic carbocycles. The van der Waals surface area contributed by atoms with Gasteiger partial charge in [-0.1, -0.05) is 23.5 Å². The van der Waals surface area contributed by atoms with Crippen LogP contribution in [-0.4, -0.2) is 66.8 Å². The van der Waals surface area contributed by atoms with Crippen LogP contribution in [-0.2, 0) is 11.3 Å². The number of aromatic nitrogens is 6. The number of anilines is 1. The van der Waals surface area contributed by atoms with Gasteiger partial charge in [0.15, 0.2) is 16.0 Å². The highest BCUT2D eigenvalue weighted by molar-refractivity contribution is 7.99. The van der Waals surface area contributed by atoms with Gasteiger partial charge >= 0.3 is 0 Å². The second-order valence-electron chi connectivity index (χ2n) is 7.79. The number of hydrogen-bond acceptors (Lipinski definition) is 9. The lowest BCUT2D eigenvalue weighted by molar-refractivity contribution is -0.121. The second-order valence-corrected chi connectivity index (χ2v) is 9.55. The molecule has 5 rings (SSSR count). The molecule has 5 heterocycles. The van der Waals surface area contributed by atoms with Gasteiger partial charge in [0.2, 0.25) is 5.91 Å². The number of thioether (sulfide) groups is 2. The number of hydrogen-bond donors (Lipinski definition) is 1. The van der Waals surface area contributed by atoms with Gasteiger partial charge in [-0.25, -0.2) is 19.6 Å². The number of nitrogens with zero attached hydrogens (tertiary/aromatic N) is 7. The Hall–Kier alpha value is -2.60. The second kappa shape index (κ2) is 9.10. The third kappa shape index (κ3) is 4.08. The molecular formula is C20H24N8O2S2. The van der Waals surface area contributed by atoms with E-state index in [1.54, 1.807) is 4.57 Å². The van der Waals surface area contributed by atoms with Crippen molar-refractivity contribution in [2.75, 3.05) is 36.5 Å². The van der Waals surface area contributed by atoms with Crippen LogP contribution < -0.4 is 15.8 Å². The monoisotopic (exact) mass is 472 g/mol. The first-order chi connectivity index (χ1) is 15.6. The molecule has 0 spiro atoms. The SMILES string of the molecule is CSc1nc(N2CCCC2)c2cnn(CCNC(=O)CC3CSc4nccc(=O)n43)c2n1. The molecule has 0 saturated carbocycles. The number of carbonyl (C=O) groups excluding carboxylic acids is 1. The predicted molar refractivity (Wildman–Crippen MR) is 124 cm³/mol. The van der Waals surface area contributed by atoms with Gasteiger partial charge in [0.1, 0.15) is 5.82 Å². The minimum Gasteiger partial charge on any atom is -0.356 e. The summed E-state index contributed by atoms with van der Waals surface area (Å²) < 4.78 is 3.44. The van der Waals surface area contributed by atoms with Gasteiger partial charge in [0.25, 0.3) is 5.56 Å². The molecule has 1 fully saturated rings. The van der Waals surface area contributed by atoms with E-state index in [1.807, 2.05) is 17.1 Å². The van der Waals surface area contributed by atoms with Gasteiger partial charge in [-0.2, -0.15) is 5.10 Å². The summed E-state index contributed by atoms with van der Waals surface area (Å²) >= 11 is 3.02. The summed E-state index contributed by atoms with van der Waals surface area (Å²) in [6.45, 7) is 2.95. The lowest BCUT2D eigenvalue weighted by Crippen LogP contribution is -2.32. The average Bonchev–Trinajstić information content (AvgIpc) is 3.54. The molecule has 3 aromatic rings. The molecule has 0 bridgehead atoms. The normalized spacial score (nSPS) is 17.8.